The van der Waals surface area contributed by atoms with Crippen LogP contribution in [0.25, 0.3) is 10.9 Å². The van der Waals surface area contributed by atoms with Gasteiger partial charge in [0.15, 0.2) is 17.5 Å². The molecule has 0 amide bonds. The number of aliphatic hydroxyl groups excluding tert-OH is 2. The fraction of sp³-hybridized carbons (Fsp3) is 0.379. The number of hydrogen-bond donors (Lipinski definition) is 3. The number of carboxylic acid groups (broad SMARTS) is 1. The summed E-state index contributed by atoms with van der Waals surface area (Å²) < 4.78 is 45.2. The summed E-state index contributed by atoms with van der Waals surface area (Å²) in [4.78, 5) is 18.6. The van der Waals surface area contributed by atoms with Crippen molar-refractivity contribution in [2.24, 2.45) is 5.41 Å². The van der Waals surface area contributed by atoms with Crippen molar-refractivity contribution in [3.8, 4) is 17.6 Å². The number of pyridine rings is 1. The maximum Gasteiger partial charge on any atom is 0.309 e. The molecule has 39 heavy (non-hydrogen) atoms. The Hall–Kier alpha value is -3.65. The summed E-state index contributed by atoms with van der Waals surface area (Å²) >= 11 is 0. The van der Waals surface area contributed by atoms with Gasteiger partial charge in [-0.05, 0) is 61.6 Å². The van der Waals surface area contributed by atoms with E-state index in [-0.39, 0.29) is 31.6 Å². The van der Waals surface area contributed by atoms with Gasteiger partial charge in [0.05, 0.1) is 37.3 Å². The Morgan fingerprint density at radius 1 is 1.18 bits per heavy atom. The molecule has 1 aliphatic rings. The average molecular weight is 543 g/mol. The van der Waals surface area contributed by atoms with Crippen LogP contribution in [0.4, 0.5) is 13.2 Å². The molecule has 4 rings (SSSR count). The molecule has 0 saturated carbocycles. The Morgan fingerprint density at radius 2 is 1.87 bits per heavy atom. The Morgan fingerprint density at radius 3 is 2.49 bits per heavy atom. The molecule has 2 aromatic carbocycles. The van der Waals surface area contributed by atoms with E-state index in [0.29, 0.717) is 53.7 Å². The Kier molecular flexibility index (Phi) is 8.75. The number of rotatable bonds is 8. The normalized spacial score (nSPS) is 15.9. The third-order valence-electron chi connectivity index (χ3n) is 7.39. The van der Waals surface area contributed by atoms with Gasteiger partial charge in [-0.2, -0.15) is 0 Å². The van der Waals surface area contributed by atoms with Crippen LogP contribution in [0.3, 0.4) is 0 Å². The maximum absolute atomic E-state index is 13.4. The number of benzene rings is 2. The molecule has 1 aromatic heterocycles. The first kappa shape index (κ1) is 28.4. The molecule has 1 saturated heterocycles. The fourth-order valence-corrected chi connectivity index (χ4v) is 5.03. The number of halogens is 3. The minimum Gasteiger partial charge on any atom is -0.497 e. The van der Waals surface area contributed by atoms with Crippen LogP contribution in [0.5, 0.6) is 5.75 Å². The lowest BCUT2D eigenvalue weighted by Gasteiger charge is -2.38. The van der Waals surface area contributed by atoms with Crippen LogP contribution in [-0.2, 0) is 11.4 Å². The molecule has 0 unspecified atom stereocenters. The first-order valence-electron chi connectivity index (χ1n) is 12.5. The zero-order valence-electron chi connectivity index (χ0n) is 21.4. The second kappa shape index (κ2) is 12.0. The summed E-state index contributed by atoms with van der Waals surface area (Å²) in [5.41, 5.74) is 0.551. The predicted octanol–water partition coefficient (Wildman–Crippen LogP) is 4.19. The minimum atomic E-state index is -1.55. The molecule has 1 aliphatic heterocycles. The molecule has 0 radical (unpaired) electrons. The summed E-state index contributed by atoms with van der Waals surface area (Å²) in [7, 11) is 1.53. The molecule has 7 nitrogen and oxygen atoms in total. The SMILES string of the molecule is COc1ccc2ncc(CO)c([C@H](O)CCC3(C(=O)O)CCN(CC#Cc4cc(F)c(F)c(F)c4)CC3)c2c1. The van der Waals surface area contributed by atoms with E-state index in [0.717, 1.165) is 12.1 Å². The standard InChI is InChI=1S/C29H29F3N2O5/c1-39-20-4-5-24-21(15-20)26(19(17-35)16-33-24)25(36)6-7-29(28(37)38)8-11-34(12-9-29)10-2-3-18-13-22(30)27(32)23(31)14-18/h4-5,13-16,25,35-36H,6-12,17H2,1H3,(H,37,38)/t25-/m1/s1. The van der Waals surface area contributed by atoms with Crippen LogP contribution >= 0.6 is 0 Å². The van der Waals surface area contributed by atoms with Crippen molar-refractivity contribution in [3.05, 3.63) is 70.7 Å². The van der Waals surface area contributed by atoms with Crippen LogP contribution in [0, 0.1) is 34.7 Å². The molecule has 1 atom stereocenters. The number of hydrogen-bond acceptors (Lipinski definition) is 6. The summed E-state index contributed by atoms with van der Waals surface area (Å²) in [5.74, 6) is 0.881. The first-order valence-corrected chi connectivity index (χ1v) is 12.5. The molecule has 0 bridgehead atoms. The number of carbonyl (C=O) groups is 1. The number of methoxy groups -OCH3 is 1. The van der Waals surface area contributed by atoms with Crippen molar-refractivity contribution in [1.29, 1.82) is 0 Å². The smallest absolute Gasteiger partial charge is 0.309 e. The number of carboxylic acids is 1. The van der Waals surface area contributed by atoms with E-state index >= 15 is 0 Å². The third kappa shape index (κ3) is 6.17. The quantitative estimate of drug-likeness (QED) is 0.290. The topological polar surface area (TPSA) is 103 Å². The fourth-order valence-electron chi connectivity index (χ4n) is 5.03. The molecule has 206 valence electrons. The van der Waals surface area contributed by atoms with Crippen LogP contribution < -0.4 is 4.74 Å². The zero-order valence-corrected chi connectivity index (χ0v) is 21.4. The van der Waals surface area contributed by atoms with E-state index in [1.54, 1.807) is 18.2 Å². The molecule has 0 aliphatic carbocycles. The molecule has 1 fully saturated rings. The lowest BCUT2D eigenvalue weighted by molar-refractivity contribution is -0.153. The highest BCUT2D eigenvalue weighted by Gasteiger charge is 2.41. The molecule has 3 aromatic rings. The molecular weight excluding hydrogens is 513 g/mol. The van der Waals surface area contributed by atoms with Crippen LogP contribution in [-0.4, -0.2) is 57.9 Å². The van der Waals surface area contributed by atoms with Gasteiger partial charge in [-0.3, -0.25) is 14.7 Å². The number of aliphatic carboxylic acids is 1. The Bertz CT molecular complexity index is 1400. The summed E-state index contributed by atoms with van der Waals surface area (Å²) in [5, 5.41) is 31.8. The lowest BCUT2D eigenvalue weighted by atomic mass is 9.74. The van der Waals surface area contributed by atoms with Crippen LogP contribution in [0.15, 0.2) is 36.5 Å². The van der Waals surface area contributed by atoms with Crippen molar-refractivity contribution in [3.63, 3.8) is 0 Å². The number of fused-ring (bicyclic) bond motifs is 1. The number of aromatic nitrogens is 1. The van der Waals surface area contributed by atoms with Gasteiger partial charge in [0.2, 0.25) is 0 Å². The Balaban J connectivity index is 1.43. The van der Waals surface area contributed by atoms with E-state index < -0.39 is 34.9 Å². The van der Waals surface area contributed by atoms with Gasteiger partial charge < -0.3 is 20.1 Å². The van der Waals surface area contributed by atoms with Crippen molar-refractivity contribution >= 4 is 16.9 Å². The van der Waals surface area contributed by atoms with Gasteiger partial charge in [0.1, 0.15) is 5.75 Å². The molecule has 10 heteroatoms. The summed E-state index contributed by atoms with van der Waals surface area (Å²) in [6.07, 6.45) is 1.52. The van der Waals surface area contributed by atoms with E-state index in [1.807, 2.05) is 4.90 Å². The van der Waals surface area contributed by atoms with Gasteiger partial charge in [-0.1, -0.05) is 11.8 Å². The second-order valence-electron chi connectivity index (χ2n) is 9.71. The molecule has 3 N–H and O–H groups in total. The number of ether oxygens (including phenoxy) is 1. The van der Waals surface area contributed by atoms with E-state index in [1.165, 1.54) is 13.3 Å². The minimum absolute atomic E-state index is 0.0146. The summed E-state index contributed by atoms with van der Waals surface area (Å²) in [6.45, 7) is 0.786. The van der Waals surface area contributed by atoms with Gasteiger partial charge >= 0.3 is 5.97 Å². The lowest BCUT2D eigenvalue weighted by Crippen LogP contribution is -2.44. The highest BCUT2D eigenvalue weighted by atomic mass is 19.2. The predicted molar refractivity (Wildman–Crippen MR) is 137 cm³/mol. The van der Waals surface area contributed by atoms with Crippen molar-refractivity contribution in [2.75, 3.05) is 26.7 Å². The number of aliphatic hydroxyl groups is 2. The molecular formula is C29H29F3N2O5. The van der Waals surface area contributed by atoms with E-state index in [4.69, 9.17) is 4.74 Å². The van der Waals surface area contributed by atoms with Gasteiger partial charge in [0.25, 0.3) is 0 Å². The second-order valence-corrected chi connectivity index (χ2v) is 9.71. The maximum atomic E-state index is 13.4. The van der Waals surface area contributed by atoms with Gasteiger partial charge in [-0.15, -0.1) is 0 Å². The highest BCUT2D eigenvalue weighted by Crippen LogP contribution is 2.40. The molecule has 0 spiro atoms. The van der Waals surface area contributed by atoms with Crippen molar-refractivity contribution in [2.45, 2.75) is 38.4 Å². The Labute approximate surface area is 223 Å². The summed E-state index contributed by atoms with van der Waals surface area (Å²) in [6, 6.07) is 6.89. The van der Waals surface area contributed by atoms with Gasteiger partial charge in [0, 0.05) is 35.8 Å². The third-order valence-corrected chi connectivity index (χ3v) is 7.39. The number of nitrogens with zero attached hydrogens (tertiary/aromatic N) is 2. The zero-order chi connectivity index (χ0) is 28.2. The van der Waals surface area contributed by atoms with E-state index in [9.17, 15) is 33.3 Å². The van der Waals surface area contributed by atoms with Crippen molar-refractivity contribution < 1.29 is 38.0 Å². The largest absolute Gasteiger partial charge is 0.497 e. The van der Waals surface area contributed by atoms with Crippen LogP contribution in [0.2, 0.25) is 0 Å². The molecule has 2 heterocycles. The highest BCUT2D eigenvalue weighted by molar-refractivity contribution is 5.85. The van der Waals surface area contributed by atoms with Gasteiger partial charge in [-0.25, -0.2) is 13.2 Å². The first-order chi connectivity index (χ1) is 18.7. The van der Waals surface area contributed by atoms with Crippen LogP contribution in [0.1, 0.15) is 48.5 Å². The number of piperidine rings is 1. The van der Waals surface area contributed by atoms with Crippen molar-refractivity contribution in [1.82, 2.24) is 9.88 Å². The average Bonchev–Trinajstić information content (AvgIpc) is 2.94. The van der Waals surface area contributed by atoms with E-state index in [2.05, 4.69) is 16.8 Å². The number of likely N-dealkylation sites (tertiary alicyclic amines) is 1. The monoisotopic (exact) mass is 542 g/mol.